The van der Waals surface area contributed by atoms with Crippen molar-refractivity contribution in [2.45, 2.75) is 6.92 Å². The fraction of sp³-hybridized carbons (Fsp3) is 0.143. The molecule has 0 N–H and O–H groups in total. The number of rotatable bonds is 1. The molecule has 2 nitrogen and oxygen atoms in total. The molecule has 1 aromatic rings. The lowest BCUT2D eigenvalue weighted by Crippen LogP contribution is -3.00. The van der Waals surface area contributed by atoms with Crippen LogP contribution in [0, 0.1) is 6.92 Å². The summed E-state index contributed by atoms with van der Waals surface area (Å²) in [6.45, 7) is 1.88. The number of aromatic nitrogens is 1. The van der Waals surface area contributed by atoms with Gasteiger partial charge in [0.1, 0.15) is 0 Å². The Morgan fingerprint density at radius 1 is 1.50 bits per heavy atom. The smallest absolute Gasteiger partial charge is 0.380 e. The summed E-state index contributed by atoms with van der Waals surface area (Å²) in [5.74, 6) is 0. The predicted molar refractivity (Wildman–Crippen MR) is 33.5 cm³/mol. The molecule has 0 saturated heterocycles. The second kappa shape index (κ2) is 4.01. The average Bonchev–Trinajstić information content (AvgIpc) is 1.89. The molecule has 3 heteroatoms. The molecule has 0 unspecified atom stereocenters. The van der Waals surface area contributed by atoms with E-state index >= 15 is 0 Å². The van der Waals surface area contributed by atoms with Crippen LogP contribution < -0.4 is 17.0 Å². The van der Waals surface area contributed by atoms with Gasteiger partial charge in [0.2, 0.25) is 0 Å². The molecule has 0 amide bonds. The monoisotopic (exact) mass is 157 g/mol. The predicted octanol–water partition coefficient (Wildman–Crippen LogP) is -2.68. The van der Waals surface area contributed by atoms with Crippen LogP contribution in [-0.2, 0) is 4.79 Å². The number of carbonyl (C=O) groups excluding carboxylic acids is 1. The lowest BCUT2D eigenvalue weighted by Gasteiger charge is -1.85. The van der Waals surface area contributed by atoms with E-state index in [-0.39, 0.29) is 12.4 Å². The minimum atomic E-state index is 0. The second-order valence-electron chi connectivity index (χ2n) is 1.85. The molecule has 1 rings (SSSR count). The van der Waals surface area contributed by atoms with Crippen molar-refractivity contribution >= 4 is 6.41 Å². The minimum Gasteiger partial charge on any atom is -1.00 e. The fourth-order valence-electron chi connectivity index (χ4n) is 0.659. The highest BCUT2D eigenvalue weighted by Crippen LogP contribution is 1.83. The zero-order chi connectivity index (χ0) is 6.69. The van der Waals surface area contributed by atoms with Crippen molar-refractivity contribution in [2.24, 2.45) is 0 Å². The van der Waals surface area contributed by atoms with E-state index < -0.39 is 0 Å². The molecule has 10 heavy (non-hydrogen) atoms. The standard InChI is InChI=1S/C7H8NO.ClH/c1-7-4-2-3-5-8(7)6-9;/h2-6H,1H3;1H/q+1;/p-1. The van der Waals surface area contributed by atoms with Crippen LogP contribution in [0.3, 0.4) is 0 Å². The maximum atomic E-state index is 10.2. The van der Waals surface area contributed by atoms with E-state index in [1.54, 1.807) is 6.20 Å². The van der Waals surface area contributed by atoms with Gasteiger partial charge in [0.25, 0.3) is 0 Å². The first-order valence-corrected chi connectivity index (χ1v) is 2.76. The average molecular weight is 158 g/mol. The zero-order valence-corrected chi connectivity index (χ0v) is 6.38. The van der Waals surface area contributed by atoms with Crippen molar-refractivity contribution in [1.29, 1.82) is 0 Å². The fourth-order valence-corrected chi connectivity index (χ4v) is 0.659. The van der Waals surface area contributed by atoms with Gasteiger partial charge < -0.3 is 12.4 Å². The first kappa shape index (κ1) is 9.11. The van der Waals surface area contributed by atoms with Crippen molar-refractivity contribution in [1.82, 2.24) is 0 Å². The van der Waals surface area contributed by atoms with Crippen LogP contribution in [0.2, 0.25) is 0 Å². The molecule has 0 aromatic carbocycles. The van der Waals surface area contributed by atoms with Gasteiger partial charge in [-0.15, -0.1) is 4.57 Å². The number of halogens is 1. The molecule has 0 aliphatic rings. The van der Waals surface area contributed by atoms with Crippen LogP contribution >= 0.6 is 0 Å². The van der Waals surface area contributed by atoms with Crippen LogP contribution in [0.5, 0.6) is 0 Å². The van der Waals surface area contributed by atoms with Gasteiger partial charge in [0.15, 0.2) is 11.9 Å². The van der Waals surface area contributed by atoms with Gasteiger partial charge in [-0.3, -0.25) is 0 Å². The summed E-state index contributed by atoms with van der Waals surface area (Å²) in [4.78, 5) is 10.2. The summed E-state index contributed by atoms with van der Waals surface area (Å²) >= 11 is 0. The lowest BCUT2D eigenvalue weighted by atomic mass is 10.4. The maximum absolute atomic E-state index is 10.2. The first-order valence-electron chi connectivity index (χ1n) is 2.76. The molecule has 1 heterocycles. The van der Waals surface area contributed by atoms with Gasteiger partial charge in [-0.05, 0) is 0 Å². The molecule has 0 bridgehead atoms. The minimum absolute atomic E-state index is 0. The Balaban J connectivity index is 0.000000810. The summed E-state index contributed by atoms with van der Waals surface area (Å²) in [5.41, 5.74) is 0.951. The van der Waals surface area contributed by atoms with E-state index in [9.17, 15) is 4.79 Å². The van der Waals surface area contributed by atoms with Gasteiger partial charge in [0, 0.05) is 19.1 Å². The Hall–Kier alpha value is -0.890. The first-order chi connectivity index (χ1) is 4.34. The number of aryl methyl sites for hydroxylation is 1. The van der Waals surface area contributed by atoms with Gasteiger partial charge in [-0.25, -0.2) is 4.79 Å². The summed E-state index contributed by atoms with van der Waals surface area (Å²) in [6, 6.07) is 5.60. The van der Waals surface area contributed by atoms with Gasteiger partial charge in [-0.2, -0.15) is 0 Å². The zero-order valence-electron chi connectivity index (χ0n) is 5.62. The van der Waals surface area contributed by atoms with Crippen LogP contribution in [-0.4, -0.2) is 6.41 Å². The number of pyridine rings is 1. The molecule has 1 aromatic heterocycles. The molecule has 54 valence electrons. The number of nitrogens with zero attached hydrogens (tertiary/aromatic N) is 1. The van der Waals surface area contributed by atoms with Gasteiger partial charge >= 0.3 is 6.41 Å². The van der Waals surface area contributed by atoms with E-state index in [0.29, 0.717) is 0 Å². The van der Waals surface area contributed by atoms with E-state index in [1.807, 2.05) is 25.1 Å². The third-order valence-corrected chi connectivity index (χ3v) is 1.22. The van der Waals surface area contributed by atoms with E-state index in [2.05, 4.69) is 0 Å². The van der Waals surface area contributed by atoms with Crippen molar-refractivity contribution in [3.8, 4) is 0 Å². The van der Waals surface area contributed by atoms with Gasteiger partial charge in [-0.1, -0.05) is 6.07 Å². The molecule has 0 aliphatic heterocycles. The number of hydrogen-bond donors (Lipinski definition) is 0. The molecule has 0 fully saturated rings. The van der Waals surface area contributed by atoms with Crippen molar-refractivity contribution < 1.29 is 21.8 Å². The Bertz CT molecular complexity index is 225. The Labute approximate surface area is 65.9 Å². The van der Waals surface area contributed by atoms with Crippen LogP contribution in [0.1, 0.15) is 5.69 Å². The third kappa shape index (κ3) is 1.81. The SMILES string of the molecule is Cc1cccc[n+]1C=O.[Cl-]. The normalized spacial score (nSPS) is 8.10. The Morgan fingerprint density at radius 3 is 2.60 bits per heavy atom. The van der Waals surface area contributed by atoms with E-state index in [4.69, 9.17) is 0 Å². The van der Waals surface area contributed by atoms with Crippen LogP contribution in [0.4, 0.5) is 0 Å². The maximum Gasteiger partial charge on any atom is 0.380 e. The molecule has 0 saturated carbocycles. The molecular weight excluding hydrogens is 150 g/mol. The van der Waals surface area contributed by atoms with E-state index in [1.165, 1.54) is 4.57 Å². The van der Waals surface area contributed by atoms with Crippen LogP contribution in [0.25, 0.3) is 0 Å². The summed E-state index contributed by atoms with van der Waals surface area (Å²) in [6.07, 6.45) is 2.51. The molecule has 0 radical (unpaired) electrons. The molecule has 0 aliphatic carbocycles. The lowest BCUT2D eigenvalue weighted by molar-refractivity contribution is -0.560. The van der Waals surface area contributed by atoms with Crippen molar-refractivity contribution in [3.63, 3.8) is 0 Å². The Morgan fingerprint density at radius 2 is 2.20 bits per heavy atom. The Kier molecular flexibility index (Phi) is 3.65. The number of hydrogen-bond acceptors (Lipinski definition) is 1. The number of carbonyl (C=O) groups is 1. The molecule has 0 spiro atoms. The molecule has 0 atom stereocenters. The highest BCUT2D eigenvalue weighted by molar-refractivity contribution is 5.35. The quantitative estimate of drug-likeness (QED) is 0.322. The topological polar surface area (TPSA) is 20.9 Å². The van der Waals surface area contributed by atoms with Crippen molar-refractivity contribution in [3.05, 3.63) is 30.1 Å². The summed E-state index contributed by atoms with van der Waals surface area (Å²) < 4.78 is 1.53. The molecular formula is C7H8ClNO. The van der Waals surface area contributed by atoms with Crippen molar-refractivity contribution in [2.75, 3.05) is 0 Å². The summed E-state index contributed by atoms with van der Waals surface area (Å²) in [5, 5.41) is 0. The highest BCUT2D eigenvalue weighted by atomic mass is 35.5. The summed E-state index contributed by atoms with van der Waals surface area (Å²) in [7, 11) is 0. The largest absolute Gasteiger partial charge is 1.00 e. The third-order valence-electron chi connectivity index (χ3n) is 1.22. The highest BCUT2D eigenvalue weighted by Gasteiger charge is 1.98. The van der Waals surface area contributed by atoms with Crippen LogP contribution in [0.15, 0.2) is 24.4 Å². The van der Waals surface area contributed by atoms with Gasteiger partial charge in [0.05, 0.1) is 0 Å². The van der Waals surface area contributed by atoms with E-state index in [0.717, 1.165) is 12.1 Å². The second-order valence-corrected chi connectivity index (χ2v) is 1.85.